The number of phenols is 1. The predicted molar refractivity (Wildman–Crippen MR) is 121 cm³/mol. The van der Waals surface area contributed by atoms with Gasteiger partial charge in [-0.1, -0.05) is 42.5 Å². The average molecular weight is 437 g/mol. The third-order valence-corrected chi connectivity index (χ3v) is 5.29. The Hall–Kier alpha value is -3.41. The highest BCUT2D eigenvalue weighted by atomic mass is 16.5. The van der Waals surface area contributed by atoms with Gasteiger partial charge in [0.25, 0.3) is 0 Å². The Morgan fingerprint density at radius 3 is 2.66 bits per heavy atom. The molecule has 0 spiro atoms. The maximum Gasteiger partial charge on any atom is 0.342 e. The normalized spacial score (nSPS) is 17.7. The van der Waals surface area contributed by atoms with Crippen LogP contribution < -0.4 is 4.74 Å². The largest absolute Gasteiger partial charge is 0.507 e. The molecule has 1 N–H and O–H groups in total. The first kappa shape index (κ1) is 23.3. The van der Waals surface area contributed by atoms with E-state index < -0.39 is 5.97 Å². The van der Waals surface area contributed by atoms with Crippen LogP contribution >= 0.6 is 0 Å². The number of ketones is 2. The smallest absolute Gasteiger partial charge is 0.342 e. The van der Waals surface area contributed by atoms with Crippen LogP contribution in [0.15, 0.2) is 48.5 Å². The minimum atomic E-state index is -0.634. The summed E-state index contributed by atoms with van der Waals surface area (Å²) in [7, 11) is 0. The lowest BCUT2D eigenvalue weighted by atomic mass is 10.0. The minimum absolute atomic E-state index is 0.0583. The molecule has 1 heterocycles. The van der Waals surface area contributed by atoms with Gasteiger partial charge >= 0.3 is 5.97 Å². The van der Waals surface area contributed by atoms with Crippen molar-refractivity contribution in [1.29, 1.82) is 0 Å². The van der Waals surface area contributed by atoms with Gasteiger partial charge in [-0.15, -0.1) is 0 Å². The minimum Gasteiger partial charge on any atom is -0.507 e. The predicted octanol–water partition coefficient (Wildman–Crippen LogP) is 5.14. The summed E-state index contributed by atoms with van der Waals surface area (Å²) in [5.74, 6) is -0.615. The van der Waals surface area contributed by atoms with Crippen LogP contribution in [0.5, 0.6) is 11.5 Å². The van der Waals surface area contributed by atoms with Crippen molar-refractivity contribution in [2.24, 2.45) is 0 Å². The Morgan fingerprint density at radius 2 is 1.88 bits per heavy atom. The molecule has 32 heavy (non-hydrogen) atoms. The van der Waals surface area contributed by atoms with Crippen molar-refractivity contribution in [2.75, 3.05) is 6.61 Å². The van der Waals surface area contributed by atoms with Gasteiger partial charge in [-0.3, -0.25) is 9.59 Å². The summed E-state index contributed by atoms with van der Waals surface area (Å²) in [6.07, 6.45) is 6.80. The number of Topliss-reactive ketones (excluding diaryl/α,β-unsaturated/α-hetero) is 2. The van der Waals surface area contributed by atoms with Crippen molar-refractivity contribution < 1.29 is 29.0 Å². The van der Waals surface area contributed by atoms with Crippen LogP contribution in [0, 0.1) is 0 Å². The van der Waals surface area contributed by atoms with Crippen molar-refractivity contribution in [2.45, 2.75) is 51.6 Å². The van der Waals surface area contributed by atoms with Gasteiger partial charge in [-0.05, 0) is 44.2 Å². The lowest BCUT2D eigenvalue weighted by molar-refractivity contribution is -0.119. The number of hydrogen-bond acceptors (Lipinski definition) is 6. The standard InChI is InChI=1S/C26H28O6/c1-18-9-8-14-21(27)13-7-3-6-12-20-15-22(16-23(28)25(20)26(30)32-18)31-17-24(29)19-10-4-2-5-11-19/h2,4-6,10-12,15-16,18,28H,3,7-9,13-14,17H2,1H3. The molecule has 168 valence electrons. The van der Waals surface area contributed by atoms with Gasteiger partial charge in [0.15, 0.2) is 12.4 Å². The van der Waals surface area contributed by atoms with Crippen molar-refractivity contribution in [3.05, 3.63) is 65.2 Å². The van der Waals surface area contributed by atoms with Crippen molar-refractivity contribution >= 4 is 23.6 Å². The SMILES string of the molecule is CC1CCCC(=O)CCCC=Cc2cc(OCC(=O)c3ccccc3)cc(O)c2C(=O)O1. The van der Waals surface area contributed by atoms with Crippen LogP contribution in [0.25, 0.3) is 6.08 Å². The van der Waals surface area contributed by atoms with Crippen LogP contribution in [-0.4, -0.2) is 35.4 Å². The molecule has 0 fully saturated rings. The van der Waals surface area contributed by atoms with E-state index in [0.29, 0.717) is 43.2 Å². The molecule has 0 radical (unpaired) electrons. The Labute approximate surface area is 187 Å². The molecule has 1 unspecified atom stereocenters. The van der Waals surface area contributed by atoms with E-state index in [1.165, 1.54) is 6.07 Å². The highest BCUT2D eigenvalue weighted by molar-refractivity contribution is 5.98. The molecule has 3 rings (SSSR count). The number of benzene rings is 2. The molecular formula is C26H28O6. The Bertz CT molecular complexity index is 993. The monoisotopic (exact) mass is 436 g/mol. The number of carbonyl (C=O) groups excluding carboxylic acids is 3. The molecule has 1 aliphatic rings. The number of rotatable bonds is 4. The van der Waals surface area contributed by atoms with Gasteiger partial charge in [-0.25, -0.2) is 4.79 Å². The second-order valence-electron chi connectivity index (χ2n) is 7.93. The van der Waals surface area contributed by atoms with E-state index in [9.17, 15) is 19.5 Å². The maximum atomic E-state index is 12.8. The summed E-state index contributed by atoms with van der Waals surface area (Å²) in [5.41, 5.74) is 1.03. The van der Waals surface area contributed by atoms with Crippen LogP contribution in [0.1, 0.15) is 71.7 Å². The Balaban J connectivity index is 1.82. The van der Waals surface area contributed by atoms with Gasteiger partial charge in [-0.2, -0.15) is 0 Å². The molecule has 2 aromatic rings. The fourth-order valence-electron chi connectivity index (χ4n) is 3.56. The zero-order chi connectivity index (χ0) is 22.9. The van der Waals surface area contributed by atoms with E-state index in [1.54, 1.807) is 43.3 Å². The fraction of sp³-hybridized carbons (Fsp3) is 0.346. The number of carbonyl (C=O) groups is 3. The number of allylic oxidation sites excluding steroid dienone is 1. The fourth-order valence-corrected chi connectivity index (χ4v) is 3.56. The number of ether oxygens (including phenoxy) is 2. The molecule has 0 amide bonds. The number of fused-ring (bicyclic) bond motifs is 1. The van der Waals surface area contributed by atoms with Crippen molar-refractivity contribution in [3.8, 4) is 11.5 Å². The number of cyclic esters (lactones) is 1. The number of esters is 1. The lowest BCUT2D eigenvalue weighted by Gasteiger charge is -2.16. The van der Waals surface area contributed by atoms with Crippen LogP contribution in [0.2, 0.25) is 0 Å². The van der Waals surface area contributed by atoms with Crippen molar-refractivity contribution in [1.82, 2.24) is 0 Å². The zero-order valence-corrected chi connectivity index (χ0v) is 18.2. The van der Waals surface area contributed by atoms with Gasteiger partial charge in [0.1, 0.15) is 22.8 Å². The van der Waals surface area contributed by atoms with E-state index in [1.807, 2.05) is 12.1 Å². The summed E-state index contributed by atoms with van der Waals surface area (Å²) >= 11 is 0. The quantitative estimate of drug-likeness (QED) is 0.527. The number of aromatic hydroxyl groups is 1. The van der Waals surface area contributed by atoms with E-state index in [4.69, 9.17) is 9.47 Å². The molecule has 0 aliphatic carbocycles. The van der Waals surface area contributed by atoms with Gasteiger partial charge < -0.3 is 14.6 Å². The Morgan fingerprint density at radius 1 is 1.12 bits per heavy atom. The summed E-state index contributed by atoms with van der Waals surface area (Å²) in [6.45, 7) is 1.57. The third kappa shape index (κ3) is 6.54. The molecule has 0 saturated heterocycles. The molecule has 0 saturated carbocycles. The molecule has 0 aromatic heterocycles. The van der Waals surface area contributed by atoms with Gasteiger partial charge in [0.2, 0.25) is 0 Å². The molecule has 2 aromatic carbocycles. The first-order chi connectivity index (χ1) is 15.4. The average Bonchev–Trinajstić information content (AvgIpc) is 2.77. The van der Waals surface area contributed by atoms with Gasteiger partial charge in [0.05, 0.1) is 6.10 Å². The zero-order valence-electron chi connectivity index (χ0n) is 18.2. The van der Waals surface area contributed by atoms with E-state index in [2.05, 4.69) is 0 Å². The highest BCUT2D eigenvalue weighted by Crippen LogP contribution is 2.31. The topological polar surface area (TPSA) is 89.9 Å². The van der Waals surface area contributed by atoms with E-state index in [-0.39, 0.29) is 41.3 Å². The van der Waals surface area contributed by atoms with Gasteiger partial charge in [0, 0.05) is 24.5 Å². The van der Waals surface area contributed by atoms with Crippen LogP contribution in [0.4, 0.5) is 0 Å². The Kier molecular flexibility index (Phi) is 8.20. The first-order valence-electron chi connectivity index (χ1n) is 10.9. The number of phenolic OH excluding ortho intramolecular Hbond substituents is 1. The summed E-state index contributed by atoms with van der Waals surface area (Å²) in [4.78, 5) is 37.0. The second kappa shape index (κ2) is 11.3. The third-order valence-electron chi connectivity index (χ3n) is 5.29. The molecule has 6 nitrogen and oxygen atoms in total. The van der Waals surface area contributed by atoms with E-state index >= 15 is 0 Å². The summed E-state index contributed by atoms with van der Waals surface area (Å²) in [5, 5.41) is 10.6. The lowest BCUT2D eigenvalue weighted by Crippen LogP contribution is -2.17. The molecular weight excluding hydrogens is 408 g/mol. The molecule has 1 atom stereocenters. The molecule has 6 heteroatoms. The second-order valence-corrected chi connectivity index (χ2v) is 7.93. The maximum absolute atomic E-state index is 12.8. The van der Waals surface area contributed by atoms with Crippen LogP contribution in [0.3, 0.4) is 0 Å². The number of hydrogen-bond donors (Lipinski definition) is 1. The summed E-state index contributed by atoms with van der Waals surface area (Å²) < 4.78 is 11.1. The molecule has 1 aliphatic heterocycles. The molecule has 0 bridgehead atoms. The summed E-state index contributed by atoms with van der Waals surface area (Å²) in [6, 6.07) is 11.7. The van der Waals surface area contributed by atoms with Crippen LogP contribution in [-0.2, 0) is 9.53 Å². The first-order valence-corrected chi connectivity index (χ1v) is 10.9. The van der Waals surface area contributed by atoms with Crippen molar-refractivity contribution in [3.63, 3.8) is 0 Å². The van der Waals surface area contributed by atoms with E-state index in [0.717, 1.165) is 6.42 Å². The highest BCUT2D eigenvalue weighted by Gasteiger charge is 2.21.